The number of nitrogens with one attached hydrogen (secondary N) is 1. The molecule has 0 aliphatic rings. The van der Waals surface area contributed by atoms with E-state index < -0.39 is 0 Å². The number of pyridine rings is 1. The highest BCUT2D eigenvalue weighted by Crippen LogP contribution is 2.21. The van der Waals surface area contributed by atoms with E-state index in [0.717, 1.165) is 41.4 Å². The van der Waals surface area contributed by atoms with E-state index in [9.17, 15) is 0 Å². The molecule has 3 aromatic heterocycles. The summed E-state index contributed by atoms with van der Waals surface area (Å²) in [5, 5.41) is 7.95. The zero-order valence-electron chi connectivity index (χ0n) is 14.5. The maximum Gasteiger partial charge on any atom is 0.137 e. The average Bonchev–Trinajstić information content (AvgIpc) is 3.23. The first-order chi connectivity index (χ1) is 12.2. The van der Waals surface area contributed by atoms with E-state index in [-0.39, 0.29) is 0 Å². The molecule has 0 saturated carbocycles. The zero-order valence-corrected chi connectivity index (χ0v) is 14.5. The molecule has 0 saturated heterocycles. The van der Waals surface area contributed by atoms with E-state index in [2.05, 4.69) is 65.9 Å². The number of hydrogen-bond acceptors (Lipinski definition) is 3. The highest BCUT2D eigenvalue weighted by molar-refractivity contribution is 5.65. The normalized spacial score (nSPS) is 11.1. The van der Waals surface area contributed by atoms with E-state index in [1.807, 2.05) is 33.5 Å². The Morgan fingerprint density at radius 2 is 1.88 bits per heavy atom. The van der Waals surface area contributed by atoms with Gasteiger partial charge in [-0.1, -0.05) is 18.2 Å². The number of aromatic nitrogens is 4. The molecule has 5 nitrogen and oxygen atoms in total. The Bertz CT molecular complexity index is 962. The van der Waals surface area contributed by atoms with Crippen molar-refractivity contribution < 1.29 is 0 Å². The Morgan fingerprint density at radius 3 is 2.60 bits per heavy atom. The van der Waals surface area contributed by atoms with Crippen LogP contribution in [0.25, 0.3) is 16.9 Å². The third kappa shape index (κ3) is 3.13. The summed E-state index contributed by atoms with van der Waals surface area (Å²) < 4.78 is 4.01. The maximum atomic E-state index is 4.66. The van der Waals surface area contributed by atoms with Crippen LogP contribution in [0.5, 0.6) is 0 Å². The molecule has 0 aliphatic heterocycles. The van der Waals surface area contributed by atoms with Crippen LogP contribution in [0.2, 0.25) is 0 Å². The van der Waals surface area contributed by atoms with Gasteiger partial charge in [0.05, 0.1) is 11.4 Å². The van der Waals surface area contributed by atoms with Gasteiger partial charge in [0.2, 0.25) is 0 Å². The van der Waals surface area contributed by atoms with Crippen LogP contribution in [0, 0.1) is 6.92 Å². The third-order valence-electron chi connectivity index (χ3n) is 4.40. The summed E-state index contributed by atoms with van der Waals surface area (Å²) in [6.45, 7) is 5.82. The molecular formula is C20H21N5. The minimum atomic E-state index is 0.777. The van der Waals surface area contributed by atoms with E-state index in [0.29, 0.717) is 0 Å². The Hall–Kier alpha value is -3.08. The van der Waals surface area contributed by atoms with Crippen LogP contribution in [0.3, 0.4) is 0 Å². The lowest BCUT2D eigenvalue weighted by Crippen LogP contribution is -1.99. The number of fused-ring (bicyclic) bond motifs is 1. The molecule has 25 heavy (non-hydrogen) atoms. The molecule has 0 aliphatic carbocycles. The van der Waals surface area contributed by atoms with Crippen LogP contribution in [-0.4, -0.2) is 19.2 Å². The molecule has 0 amide bonds. The number of aryl methyl sites for hydroxylation is 2. The molecule has 126 valence electrons. The monoisotopic (exact) mass is 331 g/mol. The minimum Gasteiger partial charge on any atom is -0.381 e. The summed E-state index contributed by atoms with van der Waals surface area (Å²) in [5.74, 6) is 0. The number of hydrogen-bond donors (Lipinski definition) is 1. The molecule has 5 heteroatoms. The molecule has 0 radical (unpaired) electrons. The first kappa shape index (κ1) is 15.4. The van der Waals surface area contributed by atoms with Gasteiger partial charge in [0, 0.05) is 48.5 Å². The molecule has 4 aromatic rings. The van der Waals surface area contributed by atoms with Crippen molar-refractivity contribution in [2.75, 3.05) is 5.32 Å². The largest absolute Gasteiger partial charge is 0.381 e. The zero-order chi connectivity index (χ0) is 17.2. The molecular weight excluding hydrogens is 310 g/mol. The SMILES string of the molecule is CCn1cc(CNc2ccc(-c3cn4ccccc4n3)cc2)c(C)n1. The second kappa shape index (κ2) is 6.43. The Morgan fingerprint density at radius 1 is 1.04 bits per heavy atom. The van der Waals surface area contributed by atoms with Crippen LogP contribution in [0.4, 0.5) is 5.69 Å². The molecule has 3 heterocycles. The van der Waals surface area contributed by atoms with Gasteiger partial charge in [-0.3, -0.25) is 4.68 Å². The molecule has 1 N–H and O–H groups in total. The number of anilines is 1. The second-order valence-electron chi connectivity index (χ2n) is 6.12. The minimum absolute atomic E-state index is 0.777. The molecule has 0 unspecified atom stereocenters. The average molecular weight is 331 g/mol. The number of benzene rings is 1. The van der Waals surface area contributed by atoms with Gasteiger partial charge in [0.1, 0.15) is 5.65 Å². The first-order valence-corrected chi connectivity index (χ1v) is 8.54. The Balaban J connectivity index is 1.48. The first-order valence-electron chi connectivity index (χ1n) is 8.54. The van der Waals surface area contributed by atoms with Gasteiger partial charge in [0.25, 0.3) is 0 Å². The fourth-order valence-electron chi connectivity index (χ4n) is 2.92. The van der Waals surface area contributed by atoms with E-state index in [1.165, 1.54) is 5.56 Å². The predicted molar refractivity (Wildman–Crippen MR) is 101 cm³/mol. The van der Waals surface area contributed by atoms with Gasteiger partial charge in [-0.15, -0.1) is 0 Å². The molecule has 4 rings (SSSR count). The molecule has 1 aromatic carbocycles. The van der Waals surface area contributed by atoms with Crippen molar-refractivity contribution in [3.05, 3.63) is 72.3 Å². The number of nitrogens with zero attached hydrogens (tertiary/aromatic N) is 4. The fraction of sp³-hybridized carbons (Fsp3) is 0.200. The van der Waals surface area contributed by atoms with Crippen molar-refractivity contribution in [3.63, 3.8) is 0 Å². The number of rotatable bonds is 5. The lowest BCUT2D eigenvalue weighted by atomic mass is 10.1. The summed E-state index contributed by atoms with van der Waals surface area (Å²) in [4.78, 5) is 4.66. The summed E-state index contributed by atoms with van der Waals surface area (Å²) in [7, 11) is 0. The van der Waals surface area contributed by atoms with Crippen molar-refractivity contribution in [2.45, 2.75) is 26.9 Å². The van der Waals surface area contributed by atoms with Crippen molar-refractivity contribution in [2.24, 2.45) is 0 Å². The van der Waals surface area contributed by atoms with Crippen LogP contribution >= 0.6 is 0 Å². The van der Waals surface area contributed by atoms with Crippen molar-refractivity contribution in [1.29, 1.82) is 0 Å². The summed E-state index contributed by atoms with van der Waals surface area (Å²) in [6, 6.07) is 14.4. The highest BCUT2D eigenvalue weighted by atomic mass is 15.3. The van der Waals surface area contributed by atoms with E-state index in [1.54, 1.807) is 0 Å². The maximum absolute atomic E-state index is 4.66. The van der Waals surface area contributed by atoms with Gasteiger partial charge in [0.15, 0.2) is 0 Å². The van der Waals surface area contributed by atoms with Crippen molar-refractivity contribution in [1.82, 2.24) is 19.2 Å². The fourth-order valence-corrected chi connectivity index (χ4v) is 2.92. The van der Waals surface area contributed by atoms with Crippen LogP contribution < -0.4 is 5.32 Å². The summed E-state index contributed by atoms with van der Waals surface area (Å²) >= 11 is 0. The molecule has 0 bridgehead atoms. The second-order valence-corrected chi connectivity index (χ2v) is 6.12. The molecule has 0 atom stereocenters. The number of imidazole rings is 1. The van der Waals surface area contributed by atoms with Crippen LogP contribution in [-0.2, 0) is 13.1 Å². The van der Waals surface area contributed by atoms with Crippen molar-refractivity contribution in [3.8, 4) is 11.3 Å². The highest BCUT2D eigenvalue weighted by Gasteiger charge is 2.06. The van der Waals surface area contributed by atoms with Crippen molar-refractivity contribution >= 4 is 11.3 Å². The van der Waals surface area contributed by atoms with E-state index >= 15 is 0 Å². The third-order valence-corrected chi connectivity index (χ3v) is 4.40. The van der Waals surface area contributed by atoms with Gasteiger partial charge in [-0.25, -0.2) is 4.98 Å². The van der Waals surface area contributed by atoms with Gasteiger partial charge in [-0.05, 0) is 38.1 Å². The predicted octanol–water partition coefficient (Wildman–Crippen LogP) is 4.14. The summed E-state index contributed by atoms with van der Waals surface area (Å²) in [6.07, 6.45) is 6.17. The lowest BCUT2D eigenvalue weighted by molar-refractivity contribution is 0.653. The molecule has 0 spiro atoms. The topological polar surface area (TPSA) is 47.2 Å². The quantitative estimate of drug-likeness (QED) is 0.598. The standard InChI is InChI=1S/C20H21N5/c1-3-25-13-17(15(2)23-25)12-21-18-9-7-16(8-10-18)19-14-24-11-5-4-6-20(24)22-19/h4-11,13-14,21H,3,12H2,1-2H3. The smallest absolute Gasteiger partial charge is 0.137 e. The van der Waals surface area contributed by atoms with Gasteiger partial charge < -0.3 is 9.72 Å². The molecule has 0 fully saturated rings. The van der Waals surface area contributed by atoms with Crippen LogP contribution in [0.1, 0.15) is 18.2 Å². The van der Waals surface area contributed by atoms with Crippen LogP contribution in [0.15, 0.2) is 61.1 Å². The van der Waals surface area contributed by atoms with Gasteiger partial charge in [-0.2, -0.15) is 5.10 Å². The Kier molecular flexibility index (Phi) is 3.98. The van der Waals surface area contributed by atoms with E-state index in [4.69, 9.17) is 0 Å². The van der Waals surface area contributed by atoms with Gasteiger partial charge >= 0.3 is 0 Å². The summed E-state index contributed by atoms with van der Waals surface area (Å²) in [5.41, 5.74) is 6.46. The lowest BCUT2D eigenvalue weighted by Gasteiger charge is -2.06. The Labute approximate surface area is 147 Å².